The van der Waals surface area contributed by atoms with E-state index >= 15 is 0 Å². The SMILES string of the molecule is COC(=O)c1cc(NC(=O)c2ccccc2)cc(C(=O)N2CC[C@@H](C(=O)N3CCC(O)(Cn4cnc5c(ccn5C)c4=O)CC3)[C@H](c3ccccc3)C2)c1. The number of amides is 3. The van der Waals surface area contributed by atoms with Crippen LogP contribution in [0.25, 0.3) is 11.0 Å². The highest BCUT2D eigenvalue weighted by Gasteiger charge is 2.42. The van der Waals surface area contributed by atoms with Crippen LogP contribution in [0.1, 0.15) is 61.8 Å². The Bertz CT molecular complexity index is 2260. The van der Waals surface area contributed by atoms with E-state index in [4.69, 9.17) is 4.74 Å². The van der Waals surface area contributed by atoms with Gasteiger partial charge in [0.25, 0.3) is 17.4 Å². The fourth-order valence-electron chi connectivity index (χ4n) is 7.65. The molecule has 2 aliphatic heterocycles. The molecule has 0 unspecified atom stereocenters. The second-order valence-corrected chi connectivity index (χ2v) is 14.2. The Morgan fingerprint density at radius 3 is 2.28 bits per heavy atom. The molecular weight excluding hydrogens is 688 g/mol. The molecule has 2 fully saturated rings. The summed E-state index contributed by atoms with van der Waals surface area (Å²) < 4.78 is 8.16. The van der Waals surface area contributed by atoms with Crippen molar-refractivity contribution in [1.29, 1.82) is 0 Å². The van der Waals surface area contributed by atoms with Gasteiger partial charge in [-0.25, -0.2) is 9.78 Å². The number of anilines is 1. The molecule has 0 radical (unpaired) electrons. The first-order valence-electron chi connectivity index (χ1n) is 18.0. The Hall–Kier alpha value is -6.08. The minimum Gasteiger partial charge on any atom is -0.465 e. The number of hydrogen-bond acceptors (Lipinski definition) is 8. The summed E-state index contributed by atoms with van der Waals surface area (Å²) >= 11 is 0. The number of nitrogens with one attached hydrogen (secondary N) is 1. The first kappa shape index (κ1) is 36.3. The van der Waals surface area contributed by atoms with Crippen molar-refractivity contribution in [1.82, 2.24) is 23.9 Å². The summed E-state index contributed by atoms with van der Waals surface area (Å²) in [4.78, 5) is 75.0. The number of piperidine rings is 2. The minimum absolute atomic E-state index is 0.0406. The highest BCUT2D eigenvalue weighted by molar-refractivity contribution is 6.06. The smallest absolute Gasteiger partial charge is 0.337 e. The monoisotopic (exact) mass is 730 g/mol. The molecule has 278 valence electrons. The Kier molecular flexibility index (Phi) is 10.2. The number of nitrogens with zero attached hydrogens (tertiary/aromatic N) is 5. The molecular formula is C41H42N6O7. The Morgan fingerprint density at radius 2 is 1.57 bits per heavy atom. The van der Waals surface area contributed by atoms with Crippen LogP contribution < -0.4 is 10.9 Å². The standard InChI is InChI=1S/C41H42N6O7/c1-44-17-13-33-35(44)42-26-47(39(33)51)25-41(53)15-19-45(20-16-41)38(50)32-14-18-46(24-34(32)27-9-5-3-6-10-27)37(49)29-21-30(40(52)54-2)23-31(22-29)43-36(48)28-11-7-4-8-12-28/h3-13,17,21-23,26,32,34,53H,14-16,18-20,24-25H2,1-2H3,(H,43,48)/t32-,34+/m1/s1. The van der Waals surface area contributed by atoms with E-state index in [0.29, 0.717) is 55.5 Å². The zero-order chi connectivity index (χ0) is 38.0. The lowest BCUT2D eigenvalue weighted by molar-refractivity contribution is -0.142. The van der Waals surface area contributed by atoms with Crippen molar-refractivity contribution in [2.75, 3.05) is 38.6 Å². The maximum atomic E-state index is 14.3. The minimum atomic E-state index is -1.18. The van der Waals surface area contributed by atoms with Crippen molar-refractivity contribution < 1.29 is 29.0 Å². The fraction of sp³-hybridized carbons (Fsp3) is 0.317. The fourth-order valence-corrected chi connectivity index (χ4v) is 7.65. The van der Waals surface area contributed by atoms with Crippen LogP contribution in [0.5, 0.6) is 0 Å². The Morgan fingerprint density at radius 1 is 0.889 bits per heavy atom. The lowest BCUT2D eigenvalue weighted by Gasteiger charge is -2.43. The molecule has 2 saturated heterocycles. The van der Waals surface area contributed by atoms with Gasteiger partial charge in [0.1, 0.15) is 12.0 Å². The van der Waals surface area contributed by atoms with Gasteiger partial charge in [0.15, 0.2) is 0 Å². The van der Waals surface area contributed by atoms with E-state index in [1.807, 2.05) is 37.4 Å². The number of aliphatic hydroxyl groups is 1. The number of hydrogen-bond donors (Lipinski definition) is 2. The number of rotatable bonds is 8. The molecule has 3 amide bonds. The van der Waals surface area contributed by atoms with Gasteiger partial charge in [0.05, 0.1) is 30.2 Å². The number of aryl methyl sites for hydroxylation is 1. The summed E-state index contributed by atoms with van der Waals surface area (Å²) in [5.74, 6) is -2.17. The molecule has 5 aromatic rings. The molecule has 0 spiro atoms. The summed E-state index contributed by atoms with van der Waals surface area (Å²) in [6.45, 7) is 1.27. The van der Waals surface area contributed by atoms with E-state index in [1.165, 1.54) is 30.1 Å². The number of benzene rings is 3. The molecule has 0 aliphatic carbocycles. The highest BCUT2D eigenvalue weighted by Crippen LogP contribution is 2.36. The van der Waals surface area contributed by atoms with Crippen LogP contribution in [-0.2, 0) is 23.1 Å². The number of fused-ring (bicyclic) bond motifs is 1. The van der Waals surface area contributed by atoms with E-state index in [0.717, 1.165) is 5.56 Å². The number of carbonyl (C=O) groups excluding carboxylic acids is 4. The normalized spacial score (nSPS) is 18.3. The lowest BCUT2D eigenvalue weighted by Crippen LogP contribution is -2.53. The van der Waals surface area contributed by atoms with E-state index in [1.54, 1.807) is 63.0 Å². The zero-order valence-corrected chi connectivity index (χ0v) is 30.2. The van der Waals surface area contributed by atoms with Gasteiger partial charge in [-0.1, -0.05) is 48.5 Å². The maximum absolute atomic E-state index is 14.3. The van der Waals surface area contributed by atoms with Crippen molar-refractivity contribution in [2.24, 2.45) is 13.0 Å². The largest absolute Gasteiger partial charge is 0.465 e. The molecule has 4 heterocycles. The third-order valence-electron chi connectivity index (χ3n) is 10.7. The average molecular weight is 731 g/mol. The first-order valence-corrected chi connectivity index (χ1v) is 18.0. The van der Waals surface area contributed by atoms with Gasteiger partial charge in [0.2, 0.25) is 5.91 Å². The van der Waals surface area contributed by atoms with Crippen molar-refractivity contribution in [3.8, 4) is 0 Å². The number of methoxy groups -OCH3 is 1. The van der Waals surface area contributed by atoms with Crippen LogP contribution >= 0.6 is 0 Å². The quantitative estimate of drug-likeness (QED) is 0.227. The molecule has 0 bridgehead atoms. The molecule has 2 aliphatic rings. The topological polar surface area (TPSA) is 156 Å². The summed E-state index contributed by atoms with van der Waals surface area (Å²) in [5, 5.41) is 14.8. The Labute approximate surface area is 311 Å². The molecule has 2 N–H and O–H groups in total. The van der Waals surface area contributed by atoms with E-state index in [2.05, 4.69) is 10.3 Å². The number of likely N-dealkylation sites (tertiary alicyclic amines) is 2. The van der Waals surface area contributed by atoms with Crippen LogP contribution in [0.15, 0.2) is 102 Å². The Balaban J connectivity index is 1.07. The van der Waals surface area contributed by atoms with Crippen LogP contribution in [0, 0.1) is 5.92 Å². The van der Waals surface area contributed by atoms with Crippen LogP contribution in [-0.4, -0.2) is 91.6 Å². The molecule has 2 atom stereocenters. The second-order valence-electron chi connectivity index (χ2n) is 14.2. The summed E-state index contributed by atoms with van der Waals surface area (Å²) in [5.41, 5.74) is 1.11. The number of carbonyl (C=O) groups is 4. The van der Waals surface area contributed by atoms with Crippen LogP contribution in [0.3, 0.4) is 0 Å². The molecule has 2 aromatic heterocycles. The first-order chi connectivity index (χ1) is 26.0. The van der Waals surface area contributed by atoms with Crippen molar-refractivity contribution in [3.05, 3.63) is 130 Å². The number of esters is 1. The van der Waals surface area contributed by atoms with Gasteiger partial charge in [-0.05, 0) is 61.2 Å². The third kappa shape index (κ3) is 7.40. The average Bonchev–Trinajstić information content (AvgIpc) is 3.59. The van der Waals surface area contributed by atoms with Gasteiger partial charge >= 0.3 is 5.97 Å². The highest BCUT2D eigenvalue weighted by atomic mass is 16.5. The molecule has 0 saturated carbocycles. The summed E-state index contributed by atoms with van der Waals surface area (Å²) in [6, 6.07) is 24.4. The molecule has 13 heteroatoms. The van der Waals surface area contributed by atoms with Gasteiger partial charge in [-0.15, -0.1) is 0 Å². The zero-order valence-electron chi connectivity index (χ0n) is 30.2. The van der Waals surface area contributed by atoms with Crippen molar-refractivity contribution >= 4 is 40.4 Å². The van der Waals surface area contributed by atoms with Gasteiger partial charge in [0, 0.05) is 68.1 Å². The summed E-state index contributed by atoms with van der Waals surface area (Å²) in [7, 11) is 3.07. The predicted octanol–water partition coefficient (Wildman–Crippen LogP) is 4.07. The van der Waals surface area contributed by atoms with Crippen molar-refractivity contribution in [3.63, 3.8) is 0 Å². The van der Waals surface area contributed by atoms with Crippen molar-refractivity contribution in [2.45, 2.75) is 37.3 Å². The van der Waals surface area contributed by atoms with E-state index in [9.17, 15) is 29.1 Å². The van der Waals surface area contributed by atoms with Gasteiger partial charge < -0.3 is 29.5 Å². The third-order valence-corrected chi connectivity index (χ3v) is 10.7. The summed E-state index contributed by atoms with van der Waals surface area (Å²) in [6.07, 6.45) is 4.24. The number of aromatic nitrogens is 3. The van der Waals surface area contributed by atoms with Crippen LogP contribution in [0.2, 0.25) is 0 Å². The van der Waals surface area contributed by atoms with E-state index < -0.39 is 23.4 Å². The molecule has 3 aromatic carbocycles. The molecule has 7 rings (SSSR count). The molecule has 13 nitrogen and oxygen atoms in total. The lowest BCUT2D eigenvalue weighted by atomic mass is 9.79. The molecule has 54 heavy (non-hydrogen) atoms. The van der Waals surface area contributed by atoms with Gasteiger partial charge in [-0.3, -0.25) is 23.7 Å². The number of ether oxygens (including phenoxy) is 1. The van der Waals surface area contributed by atoms with Crippen LogP contribution in [0.4, 0.5) is 5.69 Å². The predicted molar refractivity (Wildman–Crippen MR) is 201 cm³/mol. The second kappa shape index (κ2) is 15.1. The van der Waals surface area contributed by atoms with E-state index in [-0.39, 0.29) is 53.2 Å². The van der Waals surface area contributed by atoms with Gasteiger partial charge in [-0.2, -0.15) is 0 Å². The maximum Gasteiger partial charge on any atom is 0.337 e.